The quantitative estimate of drug-likeness (QED) is 0.697. The lowest BCUT2D eigenvalue weighted by molar-refractivity contribution is -0.145. The summed E-state index contributed by atoms with van der Waals surface area (Å²) in [6.07, 6.45) is 2.09. The Labute approximate surface area is 161 Å². The van der Waals surface area contributed by atoms with Gasteiger partial charge in [-0.1, -0.05) is 29.8 Å². The van der Waals surface area contributed by atoms with Gasteiger partial charge in [-0.25, -0.2) is 0 Å². The van der Waals surface area contributed by atoms with Crippen molar-refractivity contribution in [3.63, 3.8) is 0 Å². The molecule has 1 aliphatic heterocycles. The molecule has 2 unspecified atom stereocenters. The largest absolute Gasteiger partial charge is 0.469 e. The average molecular weight is 385 g/mol. The van der Waals surface area contributed by atoms with Gasteiger partial charge in [-0.05, 0) is 37.7 Å². The highest BCUT2D eigenvalue weighted by Crippen LogP contribution is 2.18. The van der Waals surface area contributed by atoms with Crippen molar-refractivity contribution in [1.82, 2.24) is 5.32 Å². The van der Waals surface area contributed by atoms with Crippen LogP contribution < -0.4 is 11.1 Å². The minimum absolute atomic E-state index is 0. The van der Waals surface area contributed by atoms with Crippen molar-refractivity contribution in [3.8, 4) is 0 Å². The Hall–Kier alpha value is -1.63. The molecule has 1 heterocycles. The van der Waals surface area contributed by atoms with E-state index in [4.69, 9.17) is 15.2 Å². The van der Waals surface area contributed by atoms with Gasteiger partial charge in [0.1, 0.15) is 0 Å². The Morgan fingerprint density at radius 1 is 1.35 bits per heavy atom. The lowest BCUT2D eigenvalue weighted by atomic mass is 9.91. The highest BCUT2D eigenvalue weighted by atomic mass is 35.5. The molecule has 0 bridgehead atoms. The Morgan fingerprint density at radius 2 is 2.04 bits per heavy atom. The van der Waals surface area contributed by atoms with E-state index in [2.05, 4.69) is 5.32 Å². The van der Waals surface area contributed by atoms with Crippen LogP contribution in [0.1, 0.15) is 24.0 Å². The van der Waals surface area contributed by atoms with Gasteiger partial charge in [0.15, 0.2) is 0 Å². The van der Waals surface area contributed by atoms with Crippen LogP contribution in [0, 0.1) is 18.8 Å². The van der Waals surface area contributed by atoms with Crippen LogP contribution in [-0.4, -0.2) is 44.8 Å². The van der Waals surface area contributed by atoms with Crippen LogP contribution in [0.3, 0.4) is 0 Å². The topological polar surface area (TPSA) is 90.7 Å². The highest BCUT2D eigenvalue weighted by Gasteiger charge is 2.28. The summed E-state index contributed by atoms with van der Waals surface area (Å²) in [6.45, 7) is 3.51. The van der Waals surface area contributed by atoms with E-state index in [9.17, 15) is 9.59 Å². The molecule has 1 aromatic carbocycles. The second-order valence-corrected chi connectivity index (χ2v) is 6.63. The Bertz CT molecular complexity index is 591. The van der Waals surface area contributed by atoms with Crippen LogP contribution >= 0.6 is 12.4 Å². The monoisotopic (exact) mass is 384 g/mol. The summed E-state index contributed by atoms with van der Waals surface area (Å²) in [5.41, 5.74) is 8.25. The fraction of sp³-hybridized carbons (Fsp3) is 0.579. The van der Waals surface area contributed by atoms with Crippen LogP contribution in [0.5, 0.6) is 0 Å². The van der Waals surface area contributed by atoms with Gasteiger partial charge in [0.2, 0.25) is 5.91 Å². The summed E-state index contributed by atoms with van der Waals surface area (Å²) in [6, 6.07) is 7.40. The number of ether oxygens (including phenoxy) is 2. The Kier molecular flexibility index (Phi) is 9.62. The van der Waals surface area contributed by atoms with Crippen LogP contribution in [0.25, 0.3) is 0 Å². The summed E-state index contributed by atoms with van der Waals surface area (Å²) in [7, 11) is 1.36. The van der Waals surface area contributed by atoms with Crippen molar-refractivity contribution in [3.05, 3.63) is 35.4 Å². The first-order chi connectivity index (χ1) is 12.0. The molecule has 0 aliphatic carbocycles. The zero-order valence-corrected chi connectivity index (χ0v) is 16.2. The molecule has 0 radical (unpaired) electrons. The number of nitrogens with two attached hydrogens (primary N) is 1. The van der Waals surface area contributed by atoms with E-state index >= 15 is 0 Å². The van der Waals surface area contributed by atoms with E-state index in [0.717, 1.165) is 24.0 Å². The number of nitrogens with one attached hydrogen (secondary N) is 1. The third-order valence-electron chi connectivity index (χ3n) is 4.70. The van der Waals surface area contributed by atoms with Gasteiger partial charge in [-0.15, -0.1) is 12.4 Å². The lowest BCUT2D eigenvalue weighted by Gasteiger charge is -2.27. The Morgan fingerprint density at radius 3 is 2.65 bits per heavy atom. The number of aryl methyl sites for hydroxylation is 1. The van der Waals surface area contributed by atoms with E-state index in [1.165, 1.54) is 7.11 Å². The molecule has 1 saturated heterocycles. The summed E-state index contributed by atoms with van der Waals surface area (Å²) in [5, 5.41) is 2.82. The lowest BCUT2D eigenvalue weighted by Crippen LogP contribution is -2.48. The summed E-state index contributed by atoms with van der Waals surface area (Å²) < 4.78 is 10.2. The molecule has 0 saturated carbocycles. The molecule has 26 heavy (non-hydrogen) atoms. The molecular formula is C19H29ClN2O4. The van der Waals surface area contributed by atoms with E-state index in [1.807, 2.05) is 31.2 Å². The standard InChI is InChI=1S/C19H28N2O4.ClH/c1-13-4-3-5-14(10-13)11-16(19(23)24-2)12-21-18(22)17(20)15-6-8-25-9-7-15;/h3-5,10,15-17H,6-9,11-12,20H2,1-2H3,(H,21,22);1H. The summed E-state index contributed by atoms with van der Waals surface area (Å²) in [4.78, 5) is 24.4. The molecule has 3 N–H and O–H groups in total. The zero-order valence-electron chi connectivity index (χ0n) is 15.4. The highest BCUT2D eigenvalue weighted by molar-refractivity contribution is 5.85. The number of rotatable bonds is 7. The summed E-state index contributed by atoms with van der Waals surface area (Å²) in [5.74, 6) is -0.855. The number of benzene rings is 1. The molecule has 2 rings (SSSR count). The van der Waals surface area contributed by atoms with Gasteiger partial charge >= 0.3 is 5.97 Å². The molecule has 0 aromatic heterocycles. The molecule has 1 fully saturated rings. The zero-order chi connectivity index (χ0) is 18.2. The van der Waals surface area contributed by atoms with Crippen molar-refractivity contribution < 1.29 is 19.1 Å². The maximum Gasteiger partial charge on any atom is 0.310 e. The first-order valence-electron chi connectivity index (χ1n) is 8.75. The molecule has 1 amide bonds. The van der Waals surface area contributed by atoms with E-state index < -0.39 is 12.0 Å². The van der Waals surface area contributed by atoms with Gasteiger partial charge in [0, 0.05) is 19.8 Å². The van der Waals surface area contributed by atoms with Crippen LogP contribution in [0.2, 0.25) is 0 Å². The van der Waals surface area contributed by atoms with Crippen LogP contribution in [-0.2, 0) is 25.5 Å². The number of amides is 1. The molecule has 2 atom stereocenters. The van der Waals surface area contributed by atoms with Crippen molar-refractivity contribution in [2.24, 2.45) is 17.6 Å². The number of hydrogen-bond acceptors (Lipinski definition) is 5. The fourth-order valence-corrected chi connectivity index (χ4v) is 3.16. The third kappa shape index (κ3) is 6.59. The molecule has 1 aliphatic rings. The van der Waals surface area contributed by atoms with E-state index in [-0.39, 0.29) is 36.7 Å². The number of carbonyl (C=O) groups excluding carboxylic acids is 2. The molecule has 1 aromatic rings. The minimum atomic E-state index is -0.568. The van der Waals surface area contributed by atoms with Gasteiger partial charge in [0.25, 0.3) is 0 Å². The van der Waals surface area contributed by atoms with E-state index in [0.29, 0.717) is 19.6 Å². The summed E-state index contributed by atoms with van der Waals surface area (Å²) >= 11 is 0. The van der Waals surface area contributed by atoms with E-state index in [1.54, 1.807) is 0 Å². The molecule has 146 valence electrons. The number of halogens is 1. The number of methoxy groups -OCH3 is 1. The predicted molar refractivity (Wildman–Crippen MR) is 102 cm³/mol. The first-order valence-corrected chi connectivity index (χ1v) is 8.75. The molecule has 7 heteroatoms. The number of carbonyl (C=O) groups is 2. The maximum absolute atomic E-state index is 12.3. The predicted octanol–water partition coefficient (Wildman–Crippen LogP) is 1.62. The number of esters is 1. The van der Waals surface area contributed by atoms with Crippen LogP contribution in [0.4, 0.5) is 0 Å². The SMILES string of the molecule is COC(=O)C(CNC(=O)C(N)C1CCOCC1)Cc1cccc(C)c1.Cl. The number of hydrogen-bond donors (Lipinski definition) is 2. The van der Waals surface area contributed by atoms with Crippen LogP contribution in [0.15, 0.2) is 24.3 Å². The van der Waals surface area contributed by atoms with Crippen molar-refractivity contribution in [1.29, 1.82) is 0 Å². The third-order valence-corrected chi connectivity index (χ3v) is 4.70. The minimum Gasteiger partial charge on any atom is -0.469 e. The second-order valence-electron chi connectivity index (χ2n) is 6.63. The first kappa shape index (κ1) is 22.4. The fourth-order valence-electron chi connectivity index (χ4n) is 3.16. The maximum atomic E-state index is 12.3. The smallest absolute Gasteiger partial charge is 0.310 e. The van der Waals surface area contributed by atoms with Gasteiger partial charge in [-0.3, -0.25) is 9.59 Å². The molecule has 6 nitrogen and oxygen atoms in total. The van der Waals surface area contributed by atoms with Gasteiger partial charge < -0.3 is 20.5 Å². The van der Waals surface area contributed by atoms with Gasteiger partial charge in [0.05, 0.1) is 19.1 Å². The molecular weight excluding hydrogens is 356 g/mol. The average Bonchev–Trinajstić information content (AvgIpc) is 2.64. The normalized spacial score (nSPS) is 16.9. The van der Waals surface area contributed by atoms with Gasteiger partial charge in [-0.2, -0.15) is 0 Å². The second kappa shape index (κ2) is 11.2. The van der Waals surface area contributed by atoms with Crippen molar-refractivity contribution in [2.45, 2.75) is 32.2 Å². The Balaban J connectivity index is 0.00000338. The van der Waals surface area contributed by atoms with Crippen molar-refractivity contribution >= 4 is 24.3 Å². The molecule has 0 spiro atoms. The van der Waals surface area contributed by atoms with Crippen molar-refractivity contribution in [2.75, 3.05) is 26.9 Å².